The van der Waals surface area contributed by atoms with E-state index in [1.54, 1.807) is 0 Å². The Morgan fingerprint density at radius 2 is 2.50 bits per heavy atom. The highest BCUT2D eigenvalue weighted by molar-refractivity contribution is 8.01. The van der Waals surface area contributed by atoms with Gasteiger partial charge in [-0.05, 0) is 5.57 Å². The number of nitrogens with zero attached hydrogens (tertiary/aromatic N) is 3. The second-order valence-electron chi connectivity index (χ2n) is 4.27. The number of rotatable bonds is 4. The van der Waals surface area contributed by atoms with E-state index in [0.717, 1.165) is 0 Å². The van der Waals surface area contributed by atoms with E-state index in [-0.39, 0.29) is 17.0 Å². The van der Waals surface area contributed by atoms with Gasteiger partial charge in [-0.25, -0.2) is 9.78 Å². The number of carbonyl (C=O) groups excluding carboxylic acids is 1. The number of aromatic nitrogens is 3. The number of hydrogen-bond acceptors (Lipinski definition) is 7. The number of fused-ring (bicyclic) bond motifs is 1. The van der Waals surface area contributed by atoms with Crippen molar-refractivity contribution in [3.05, 3.63) is 17.6 Å². The third kappa shape index (κ3) is 2.09. The zero-order valence-corrected chi connectivity index (χ0v) is 11.8. The maximum atomic E-state index is 11.7. The van der Waals surface area contributed by atoms with Crippen LogP contribution in [0.2, 0.25) is 0 Å². The molecule has 1 aromatic rings. The van der Waals surface area contributed by atoms with Crippen molar-refractivity contribution in [2.24, 2.45) is 5.73 Å². The number of carbonyl (C=O) groups is 2. The van der Waals surface area contributed by atoms with Crippen LogP contribution in [0.25, 0.3) is 0 Å². The van der Waals surface area contributed by atoms with Gasteiger partial charge in [0.15, 0.2) is 5.16 Å². The molecule has 0 aliphatic carbocycles. The summed E-state index contributed by atoms with van der Waals surface area (Å²) in [7, 11) is 0. The SMILES string of the molecule is N[C@@H]1C(=O)N2C(C(=O)O)=C(CSc3ncn[nH]3)CS[C@H]12. The number of hydrogen-bond donors (Lipinski definition) is 3. The van der Waals surface area contributed by atoms with E-state index in [9.17, 15) is 14.7 Å². The zero-order chi connectivity index (χ0) is 14.3. The highest BCUT2D eigenvalue weighted by Crippen LogP contribution is 2.40. The lowest BCUT2D eigenvalue weighted by Gasteiger charge is -2.48. The van der Waals surface area contributed by atoms with Gasteiger partial charge in [0, 0.05) is 11.5 Å². The topological polar surface area (TPSA) is 125 Å². The molecule has 3 rings (SSSR count). The second kappa shape index (κ2) is 5.11. The molecule has 0 saturated carbocycles. The molecule has 20 heavy (non-hydrogen) atoms. The summed E-state index contributed by atoms with van der Waals surface area (Å²) < 4.78 is 0. The number of nitrogens with one attached hydrogen (secondary N) is 1. The van der Waals surface area contributed by atoms with E-state index in [4.69, 9.17) is 5.73 Å². The average Bonchev–Trinajstić information content (AvgIpc) is 2.96. The maximum Gasteiger partial charge on any atom is 0.352 e. The predicted molar refractivity (Wildman–Crippen MR) is 72.8 cm³/mol. The molecule has 8 nitrogen and oxygen atoms in total. The van der Waals surface area contributed by atoms with Crippen molar-refractivity contribution in [3.8, 4) is 0 Å². The van der Waals surface area contributed by atoms with Crippen LogP contribution in [0.15, 0.2) is 22.8 Å². The summed E-state index contributed by atoms with van der Waals surface area (Å²) in [5.41, 5.74) is 6.44. The van der Waals surface area contributed by atoms with Crippen LogP contribution in [0.5, 0.6) is 0 Å². The van der Waals surface area contributed by atoms with Crippen LogP contribution in [0.4, 0.5) is 0 Å². The van der Waals surface area contributed by atoms with Gasteiger partial charge in [0.1, 0.15) is 23.4 Å². The standard InChI is InChI=1S/C10H11N5O3S2/c11-5-7(16)15-6(9(17)18)4(1-19-8(5)15)2-20-10-12-3-13-14-10/h3,5,8H,1-2,11H2,(H,17,18)(H,12,13,14)/t5-,8-/m1/s1. The van der Waals surface area contributed by atoms with Gasteiger partial charge >= 0.3 is 5.97 Å². The normalized spacial score (nSPS) is 25.4. The molecule has 0 bridgehead atoms. The Morgan fingerprint density at radius 3 is 3.15 bits per heavy atom. The first-order chi connectivity index (χ1) is 9.59. The van der Waals surface area contributed by atoms with Crippen LogP contribution < -0.4 is 5.73 Å². The van der Waals surface area contributed by atoms with Crippen LogP contribution in [-0.2, 0) is 9.59 Å². The molecule has 2 aliphatic rings. The Kier molecular flexibility index (Phi) is 3.44. The molecule has 0 radical (unpaired) electrons. The number of nitrogens with two attached hydrogens (primary N) is 1. The number of aliphatic carboxylic acids is 1. The van der Waals surface area contributed by atoms with Crippen LogP contribution >= 0.6 is 23.5 Å². The van der Waals surface area contributed by atoms with Gasteiger partial charge in [0.25, 0.3) is 0 Å². The van der Waals surface area contributed by atoms with Crippen molar-refractivity contribution >= 4 is 35.4 Å². The molecule has 1 fully saturated rings. The second-order valence-corrected chi connectivity index (χ2v) is 6.34. The van der Waals surface area contributed by atoms with Gasteiger partial charge in [-0.15, -0.1) is 11.8 Å². The van der Waals surface area contributed by atoms with Crippen molar-refractivity contribution in [2.75, 3.05) is 11.5 Å². The lowest BCUT2D eigenvalue weighted by molar-refractivity contribution is -0.147. The molecule has 106 valence electrons. The fraction of sp³-hybridized carbons (Fsp3) is 0.400. The minimum absolute atomic E-state index is 0.0625. The summed E-state index contributed by atoms with van der Waals surface area (Å²) in [6.45, 7) is 0. The molecule has 1 amide bonds. The Morgan fingerprint density at radius 1 is 1.70 bits per heavy atom. The monoisotopic (exact) mass is 313 g/mol. The minimum atomic E-state index is -1.09. The number of amides is 1. The number of aromatic amines is 1. The van der Waals surface area contributed by atoms with E-state index in [0.29, 0.717) is 22.2 Å². The summed E-state index contributed by atoms with van der Waals surface area (Å²) in [5, 5.41) is 16.1. The van der Waals surface area contributed by atoms with Crippen LogP contribution in [0.3, 0.4) is 0 Å². The highest BCUT2D eigenvalue weighted by Gasteiger charge is 2.51. The van der Waals surface area contributed by atoms with E-state index in [1.807, 2.05) is 0 Å². The predicted octanol–water partition coefficient (Wildman–Crippen LogP) is -0.522. The molecule has 1 aromatic heterocycles. The number of thioether (sulfide) groups is 2. The molecule has 0 spiro atoms. The first-order valence-corrected chi connectivity index (χ1v) is 7.76. The molecular formula is C10H11N5O3S2. The van der Waals surface area contributed by atoms with Crippen molar-refractivity contribution < 1.29 is 14.7 Å². The van der Waals surface area contributed by atoms with Gasteiger partial charge < -0.3 is 10.8 Å². The molecule has 10 heteroatoms. The Hall–Kier alpha value is -1.52. The van der Waals surface area contributed by atoms with Crippen LogP contribution in [0, 0.1) is 0 Å². The minimum Gasteiger partial charge on any atom is -0.477 e. The van der Waals surface area contributed by atoms with E-state index in [2.05, 4.69) is 15.2 Å². The summed E-state index contributed by atoms with van der Waals surface area (Å²) in [6.07, 6.45) is 1.39. The maximum absolute atomic E-state index is 11.7. The molecular weight excluding hydrogens is 302 g/mol. The quantitative estimate of drug-likeness (QED) is 0.501. The summed E-state index contributed by atoms with van der Waals surface area (Å²) in [4.78, 5) is 28.4. The first kappa shape index (κ1) is 13.5. The summed E-state index contributed by atoms with van der Waals surface area (Å²) in [6, 6.07) is -0.599. The molecule has 3 heterocycles. The van der Waals surface area contributed by atoms with Crippen molar-refractivity contribution in [1.29, 1.82) is 0 Å². The number of carboxylic acids is 1. The van der Waals surface area contributed by atoms with Gasteiger partial charge in [-0.3, -0.25) is 14.8 Å². The average molecular weight is 313 g/mol. The largest absolute Gasteiger partial charge is 0.477 e. The summed E-state index contributed by atoms with van der Waals surface area (Å²) in [5.74, 6) is -0.439. The van der Waals surface area contributed by atoms with E-state index < -0.39 is 12.0 Å². The lowest BCUT2D eigenvalue weighted by atomic mass is 10.0. The number of carboxylic acid groups (broad SMARTS) is 1. The van der Waals surface area contributed by atoms with E-state index >= 15 is 0 Å². The fourth-order valence-corrected chi connectivity index (χ4v) is 4.32. The third-order valence-electron chi connectivity index (χ3n) is 3.07. The highest BCUT2D eigenvalue weighted by atomic mass is 32.2. The molecule has 0 aromatic carbocycles. The van der Waals surface area contributed by atoms with Crippen molar-refractivity contribution in [2.45, 2.75) is 16.6 Å². The van der Waals surface area contributed by atoms with Gasteiger partial charge in [-0.1, -0.05) is 11.8 Å². The summed E-state index contributed by atoms with van der Waals surface area (Å²) >= 11 is 2.84. The Labute approximate surface area is 122 Å². The van der Waals surface area contributed by atoms with Crippen LogP contribution in [-0.4, -0.2) is 60.0 Å². The molecule has 2 aliphatic heterocycles. The smallest absolute Gasteiger partial charge is 0.352 e. The van der Waals surface area contributed by atoms with Gasteiger partial charge in [0.2, 0.25) is 5.91 Å². The zero-order valence-electron chi connectivity index (χ0n) is 10.1. The van der Waals surface area contributed by atoms with Crippen molar-refractivity contribution in [1.82, 2.24) is 20.1 Å². The van der Waals surface area contributed by atoms with Gasteiger partial charge in [0.05, 0.1) is 0 Å². The molecule has 4 N–H and O–H groups in total. The Bertz CT molecular complexity index is 588. The van der Waals surface area contributed by atoms with Crippen molar-refractivity contribution in [3.63, 3.8) is 0 Å². The van der Waals surface area contributed by atoms with Gasteiger partial charge in [-0.2, -0.15) is 5.10 Å². The fourth-order valence-electron chi connectivity index (χ4n) is 2.11. The number of H-pyrrole nitrogens is 1. The van der Waals surface area contributed by atoms with E-state index in [1.165, 1.54) is 34.8 Å². The van der Waals surface area contributed by atoms with Crippen LogP contribution in [0.1, 0.15) is 0 Å². The lowest BCUT2D eigenvalue weighted by Crippen LogP contribution is -2.68. The first-order valence-electron chi connectivity index (χ1n) is 5.73. The molecule has 0 unspecified atom stereocenters. The molecule has 1 saturated heterocycles. The third-order valence-corrected chi connectivity index (χ3v) is 5.39. The number of β-lactam (4-membered cyclic amide) rings is 1. The molecule has 2 atom stereocenters. The Balaban J connectivity index is 1.82.